The molecule has 0 heterocycles. The number of allylic oxidation sites excluding steroid dienone is 1. The molecule has 0 bridgehead atoms. The van der Waals surface area contributed by atoms with Gasteiger partial charge < -0.3 is 14.8 Å². The molecule has 0 radical (unpaired) electrons. The maximum atomic E-state index is 13.9. The molecular weight excluding hydrogens is 369 g/mol. The number of hydrogen-bond donors (Lipinski definition) is 1. The Bertz CT molecular complexity index is 967. The third kappa shape index (κ3) is 3.74. The van der Waals surface area contributed by atoms with Gasteiger partial charge in [-0.2, -0.15) is 0 Å². The Kier molecular flexibility index (Phi) is 5.56. The molecule has 152 valence electrons. The second kappa shape index (κ2) is 8.27. The average molecular weight is 395 g/mol. The molecule has 0 spiro atoms. The van der Waals surface area contributed by atoms with E-state index in [0.29, 0.717) is 17.9 Å². The highest BCUT2D eigenvalue weighted by molar-refractivity contribution is 5.82. The van der Waals surface area contributed by atoms with Crippen LogP contribution in [-0.2, 0) is 11.2 Å². The number of nitrogens with one attached hydrogen (secondary N) is 1. The molecule has 4 nitrogen and oxygen atoms in total. The van der Waals surface area contributed by atoms with Crippen LogP contribution in [0.4, 0.5) is 4.39 Å². The molecule has 1 N–H and O–H groups in total. The van der Waals surface area contributed by atoms with Crippen LogP contribution >= 0.6 is 0 Å². The van der Waals surface area contributed by atoms with Gasteiger partial charge in [0.15, 0.2) is 11.5 Å². The number of rotatable bonds is 6. The topological polar surface area (TPSA) is 47.6 Å². The monoisotopic (exact) mass is 395 g/mol. The normalized spacial score (nSPS) is 17.6. The van der Waals surface area contributed by atoms with Gasteiger partial charge in [-0.15, -0.1) is 0 Å². The van der Waals surface area contributed by atoms with Crippen LogP contribution in [0.15, 0.2) is 42.0 Å². The van der Waals surface area contributed by atoms with Crippen molar-refractivity contribution in [2.75, 3.05) is 20.8 Å². The smallest absolute Gasteiger partial charge is 0.224 e. The first-order chi connectivity index (χ1) is 14.1. The Morgan fingerprint density at radius 3 is 2.59 bits per heavy atom. The number of ether oxygens (including phenoxy) is 2. The Labute approximate surface area is 170 Å². The Morgan fingerprint density at radius 2 is 1.83 bits per heavy atom. The van der Waals surface area contributed by atoms with Crippen molar-refractivity contribution in [3.8, 4) is 11.5 Å². The minimum atomic E-state index is -0.344. The van der Waals surface area contributed by atoms with E-state index in [1.165, 1.54) is 41.2 Å². The van der Waals surface area contributed by atoms with E-state index in [4.69, 9.17) is 9.47 Å². The minimum Gasteiger partial charge on any atom is -0.493 e. The second-order valence-electron chi connectivity index (χ2n) is 7.63. The first kappa shape index (κ1) is 19.5. The summed E-state index contributed by atoms with van der Waals surface area (Å²) in [6.07, 6.45) is 4.49. The summed E-state index contributed by atoms with van der Waals surface area (Å²) in [6.45, 7) is 0.509. The molecule has 0 saturated heterocycles. The quantitative estimate of drug-likeness (QED) is 0.776. The summed E-state index contributed by atoms with van der Waals surface area (Å²) in [6, 6.07) is 10.5. The summed E-state index contributed by atoms with van der Waals surface area (Å²) in [5.41, 5.74) is 5.61. The lowest BCUT2D eigenvalue weighted by Gasteiger charge is -2.21. The van der Waals surface area contributed by atoms with E-state index in [1.54, 1.807) is 32.4 Å². The number of benzene rings is 2. The molecule has 2 aliphatic carbocycles. The summed E-state index contributed by atoms with van der Waals surface area (Å²) in [7, 11) is 3.29. The fourth-order valence-electron chi connectivity index (χ4n) is 4.58. The summed E-state index contributed by atoms with van der Waals surface area (Å²) in [5, 5.41) is 3.03. The minimum absolute atomic E-state index is 0.0457. The highest BCUT2D eigenvalue weighted by Gasteiger charge is 2.34. The van der Waals surface area contributed by atoms with Gasteiger partial charge in [-0.3, -0.25) is 4.79 Å². The van der Waals surface area contributed by atoms with Crippen LogP contribution in [0.3, 0.4) is 0 Å². The lowest BCUT2D eigenvalue weighted by molar-refractivity contribution is -0.120. The van der Waals surface area contributed by atoms with Gasteiger partial charge >= 0.3 is 0 Å². The van der Waals surface area contributed by atoms with Gasteiger partial charge in [0.25, 0.3) is 0 Å². The molecular formula is C24H26FNO3. The largest absolute Gasteiger partial charge is 0.493 e. The van der Waals surface area contributed by atoms with Crippen LogP contribution in [0.25, 0.3) is 5.57 Å². The third-order valence-corrected chi connectivity index (χ3v) is 6.00. The van der Waals surface area contributed by atoms with Crippen LogP contribution in [0.1, 0.15) is 48.3 Å². The van der Waals surface area contributed by atoms with Crippen LogP contribution in [-0.4, -0.2) is 26.7 Å². The molecule has 29 heavy (non-hydrogen) atoms. The average Bonchev–Trinajstić information content (AvgIpc) is 3.05. The summed E-state index contributed by atoms with van der Waals surface area (Å²) in [4.78, 5) is 12.5. The van der Waals surface area contributed by atoms with Crippen molar-refractivity contribution in [2.24, 2.45) is 0 Å². The predicted octanol–water partition coefficient (Wildman–Crippen LogP) is 4.63. The number of amides is 1. The highest BCUT2D eigenvalue weighted by Crippen LogP contribution is 2.51. The number of carbonyl (C=O) groups excluding carboxylic acids is 1. The van der Waals surface area contributed by atoms with Crippen molar-refractivity contribution in [3.05, 3.63) is 64.5 Å². The molecule has 2 aromatic rings. The molecule has 1 amide bonds. The fourth-order valence-corrected chi connectivity index (χ4v) is 4.58. The number of carbonyl (C=O) groups is 1. The SMILES string of the molecule is COc1cc2c(cc1OC)[C@@H](CNC(=O)Cc1ccccc1F)C1=C2CCCC1. The van der Waals surface area contributed by atoms with Crippen molar-refractivity contribution in [3.63, 3.8) is 0 Å². The van der Waals surface area contributed by atoms with E-state index in [0.717, 1.165) is 18.6 Å². The van der Waals surface area contributed by atoms with E-state index in [1.807, 2.05) is 6.07 Å². The predicted molar refractivity (Wildman–Crippen MR) is 111 cm³/mol. The van der Waals surface area contributed by atoms with E-state index in [-0.39, 0.29) is 24.1 Å². The summed E-state index contributed by atoms with van der Waals surface area (Å²) < 4.78 is 24.9. The summed E-state index contributed by atoms with van der Waals surface area (Å²) >= 11 is 0. The van der Waals surface area contributed by atoms with Crippen molar-refractivity contribution in [2.45, 2.75) is 38.0 Å². The number of methoxy groups -OCH3 is 2. The molecule has 2 aromatic carbocycles. The first-order valence-corrected chi connectivity index (χ1v) is 10.1. The maximum Gasteiger partial charge on any atom is 0.224 e. The molecule has 0 saturated carbocycles. The van der Waals surface area contributed by atoms with Gasteiger partial charge in [0.2, 0.25) is 5.91 Å². The first-order valence-electron chi connectivity index (χ1n) is 10.1. The lowest BCUT2D eigenvalue weighted by Crippen LogP contribution is -2.30. The third-order valence-electron chi connectivity index (χ3n) is 6.00. The zero-order valence-electron chi connectivity index (χ0n) is 16.9. The summed E-state index contributed by atoms with van der Waals surface area (Å²) in [5.74, 6) is 1.05. The van der Waals surface area contributed by atoms with Gasteiger partial charge in [-0.25, -0.2) is 4.39 Å². The zero-order chi connectivity index (χ0) is 20.4. The molecule has 0 unspecified atom stereocenters. The van der Waals surface area contributed by atoms with Gasteiger partial charge in [0.1, 0.15) is 5.82 Å². The van der Waals surface area contributed by atoms with E-state index >= 15 is 0 Å². The molecule has 0 aliphatic heterocycles. The van der Waals surface area contributed by atoms with Gasteiger partial charge in [-0.05, 0) is 66.1 Å². The molecule has 5 heteroatoms. The number of hydrogen-bond acceptors (Lipinski definition) is 3. The van der Waals surface area contributed by atoms with Crippen LogP contribution in [0.2, 0.25) is 0 Å². The molecule has 4 rings (SSSR count). The van der Waals surface area contributed by atoms with Gasteiger partial charge in [0, 0.05) is 12.5 Å². The van der Waals surface area contributed by atoms with E-state index in [2.05, 4.69) is 11.4 Å². The Hall–Kier alpha value is -2.82. The van der Waals surface area contributed by atoms with Crippen molar-refractivity contribution < 1.29 is 18.7 Å². The second-order valence-corrected chi connectivity index (χ2v) is 7.63. The fraction of sp³-hybridized carbons (Fsp3) is 0.375. The van der Waals surface area contributed by atoms with Gasteiger partial charge in [-0.1, -0.05) is 23.8 Å². The van der Waals surface area contributed by atoms with Crippen LogP contribution in [0, 0.1) is 5.82 Å². The lowest BCUT2D eigenvalue weighted by atomic mass is 9.87. The van der Waals surface area contributed by atoms with E-state index in [9.17, 15) is 9.18 Å². The Balaban J connectivity index is 1.56. The number of fused-ring (bicyclic) bond motifs is 2. The standard InChI is InChI=1S/C24H26FNO3/c1-28-22-12-18-16-8-4-5-9-17(16)20(19(18)13-23(22)29-2)14-26-24(27)11-15-7-3-6-10-21(15)25/h3,6-7,10,12-13,20H,4-5,8-9,11,14H2,1-2H3,(H,26,27)/t20-/m0/s1. The van der Waals surface area contributed by atoms with E-state index < -0.39 is 0 Å². The van der Waals surface area contributed by atoms with Crippen molar-refractivity contribution >= 4 is 11.5 Å². The zero-order valence-corrected chi connectivity index (χ0v) is 16.9. The molecule has 0 fully saturated rings. The Morgan fingerprint density at radius 1 is 1.10 bits per heavy atom. The van der Waals surface area contributed by atoms with Crippen molar-refractivity contribution in [1.82, 2.24) is 5.32 Å². The van der Waals surface area contributed by atoms with Crippen molar-refractivity contribution in [1.29, 1.82) is 0 Å². The van der Waals surface area contributed by atoms with Crippen LogP contribution < -0.4 is 14.8 Å². The number of halogens is 1. The van der Waals surface area contributed by atoms with Crippen LogP contribution in [0.5, 0.6) is 11.5 Å². The maximum absolute atomic E-state index is 13.9. The highest BCUT2D eigenvalue weighted by atomic mass is 19.1. The molecule has 2 aliphatic rings. The molecule has 0 aromatic heterocycles. The van der Waals surface area contributed by atoms with Gasteiger partial charge in [0.05, 0.1) is 20.6 Å². The molecule has 1 atom stereocenters.